The van der Waals surface area contributed by atoms with Crippen LogP contribution in [0.3, 0.4) is 0 Å². The van der Waals surface area contributed by atoms with Crippen molar-refractivity contribution in [1.29, 1.82) is 0 Å². The molecule has 1 rings (SSSR count). The molecule has 0 heterocycles. The SMILES string of the molecule is N[C@@H](Cc1ccc(O)c(P(=O)(O)O)c1)C(=O)O. The molecular weight excluding hydrogens is 249 g/mol. The summed E-state index contributed by atoms with van der Waals surface area (Å²) in [6.07, 6.45) is -0.0807. The lowest BCUT2D eigenvalue weighted by Crippen LogP contribution is -2.32. The van der Waals surface area contributed by atoms with E-state index in [9.17, 15) is 14.5 Å². The van der Waals surface area contributed by atoms with Crippen molar-refractivity contribution in [3.8, 4) is 5.75 Å². The largest absolute Gasteiger partial charge is 0.507 e. The Labute approximate surface area is 96.7 Å². The average molecular weight is 261 g/mol. The first-order valence-corrected chi connectivity index (χ1v) is 6.19. The van der Waals surface area contributed by atoms with E-state index in [0.717, 1.165) is 12.1 Å². The van der Waals surface area contributed by atoms with Crippen molar-refractivity contribution >= 4 is 18.9 Å². The van der Waals surface area contributed by atoms with Crippen LogP contribution in [0, 0.1) is 0 Å². The molecule has 17 heavy (non-hydrogen) atoms. The van der Waals surface area contributed by atoms with E-state index in [1.165, 1.54) is 6.07 Å². The maximum Gasteiger partial charge on any atom is 0.359 e. The molecule has 6 N–H and O–H groups in total. The second kappa shape index (κ2) is 4.85. The molecule has 0 radical (unpaired) electrons. The number of phenols is 1. The predicted molar refractivity (Wildman–Crippen MR) is 59.1 cm³/mol. The quantitative estimate of drug-likeness (QED) is 0.444. The smallest absolute Gasteiger partial charge is 0.359 e. The highest BCUT2D eigenvalue weighted by atomic mass is 31.2. The monoisotopic (exact) mass is 261 g/mol. The number of rotatable bonds is 4. The molecule has 0 amide bonds. The summed E-state index contributed by atoms with van der Waals surface area (Å²) in [5.74, 6) is -1.75. The summed E-state index contributed by atoms with van der Waals surface area (Å²) in [6, 6.07) is 2.35. The Morgan fingerprint density at radius 2 is 2.00 bits per heavy atom. The Bertz CT molecular complexity index is 482. The third kappa shape index (κ3) is 3.54. The lowest BCUT2D eigenvalue weighted by molar-refractivity contribution is -0.138. The van der Waals surface area contributed by atoms with Crippen LogP contribution in [0.15, 0.2) is 18.2 Å². The molecule has 0 saturated carbocycles. The van der Waals surface area contributed by atoms with Gasteiger partial charge in [-0.3, -0.25) is 9.36 Å². The van der Waals surface area contributed by atoms with Gasteiger partial charge in [0.1, 0.15) is 17.1 Å². The molecule has 0 aliphatic rings. The van der Waals surface area contributed by atoms with Crippen LogP contribution in [0.4, 0.5) is 0 Å². The van der Waals surface area contributed by atoms with E-state index >= 15 is 0 Å². The van der Waals surface area contributed by atoms with Crippen molar-refractivity contribution in [2.75, 3.05) is 0 Å². The van der Waals surface area contributed by atoms with E-state index in [-0.39, 0.29) is 6.42 Å². The van der Waals surface area contributed by atoms with Crippen LogP contribution >= 0.6 is 7.60 Å². The number of aromatic hydroxyl groups is 1. The zero-order chi connectivity index (χ0) is 13.2. The van der Waals surface area contributed by atoms with Crippen LogP contribution in [0.2, 0.25) is 0 Å². The highest BCUT2D eigenvalue weighted by molar-refractivity contribution is 7.60. The molecule has 0 fully saturated rings. The Kier molecular flexibility index (Phi) is 3.90. The van der Waals surface area contributed by atoms with Gasteiger partial charge in [-0.15, -0.1) is 0 Å². The van der Waals surface area contributed by atoms with Gasteiger partial charge in [0, 0.05) is 0 Å². The molecule has 8 heteroatoms. The van der Waals surface area contributed by atoms with Gasteiger partial charge in [-0.25, -0.2) is 0 Å². The fourth-order valence-electron chi connectivity index (χ4n) is 1.27. The summed E-state index contributed by atoms with van der Waals surface area (Å²) in [6.45, 7) is 0. The molecule has 1 aromatic rings. The Morgan fingerprint density at radius 3 is 2.47 bits per heavy atom. The topological polar surface area (TPSA) is 141 Å². The highest BCUT2D eigenvalue weighted by Gasteiger charge is 2.23. The number of carbonyl (C=O) groups is 1. The first kappa shape index (κ1) is 13.7. The van der Waals surface area contributed by atoms with Crippen LogP contribution in [-0.2, 0) is 15.8 Å². The number of benzene rings is 1. The molecule has 94 valence electrons. The summed E-state index contributed by atoms with van der Waals surface area (Å²) < 4.78 is 11.0. The standard InChI is InChI=1S/C9H12NO6P/c10-6(9(12)13)3-5-1-2-7(11)8(4-5)17(14,15)16/h1-2,4,6,11H,3,10H2,(H,12,13)(H2,14,15,16)/t6-/m0/s1. The van der Waals surface area contributed by atoms with Crippen LogP contribution in [0.1, 0.15) is 5.56 Å². The van der Waals surface area contributed by atoms with Crippen LogP contribution < -0.4 is 11.0 Å². The fraction of sp³-hybridized carbons (Fsp3) is 0.222. The van der Waals surface area contributed by atoms with E-state index in [2.05, 4.69) is 0 Å². The van der Waals surface area contributed by atoms with Gasteiger partial charge in [0.2, 0.25) is 0 Å². The van der Waals surface area contributed by atoms with E-state index in [4.69, 9.17) is 20.6 Å². The minimum atomic E-state index is -4.59. The molecule has 0 bridgehead atoms. The highest BCUT2D eigenvalue weighted by Crippen LogP contribution is 2.37. The van der Waals surface area contributed by atoms with E-state index < -0.39 is 30.7 Å². The lowest BCUT2D eigenvalue weighted by atomic mass is 10.1. The molecule has 0 aliphatic carbocycles. The van der Waals surface area contributed by atoms with Gasteiger partial charge in [-0.2, -0.15) is 0 Å². The normalized spacial score (nSPS) is 13.4. The van der Waals surface area contributed by atoms with Crippen molar-refractivity contribution < 1.29 is 29.4 Å². The number of nitrogens with two attached hydrogens (primary N) is 1. The van der Waals surface area contributed by atoms with Crippen molar-refractivity contribution in [3.05, 3.63) is 23.8 Å². The molecule has 0 aromatic heterocycles. The zero-order valence-corrected chi connectivity index (χ0v) is 9.54. The summed E-state index contributed by atoms with van der Waals surface area (Å²) in [4.78, 5) is 28.4. The second-order valence-electron chi connectivity index (χ2n) is 3.52. The molecule has 7 nitrogen and oxygen atoms in total. The van der Waals surface area contributed by atoms with Crippen molar-refractivity contribution in [2.45, 2.75) is 12.5 Å². The maximum atomic E-state index is 11.0. The van der Waals surface area contributed by atoms with Crippen molar-refractivity contribution in [1.82, 2.24) is 0 Å². The fourth-order valence-corrected chi connectivity index (χ4v) is 1.98. The predicted octanol–water partition coefficient (Wildman–Crippen LogP) is -0.850. The lowest BCUT2D eigenvalue weighted by Gasteiger charge is -2.10. The van der Waals surface area contributed by atoms with Gasteiger partial charge in [0.25, 0.3) is 0 Å². The van der Waals surface area contributed by atoms with Crippen LogP contribution in [-0.4, -0.2) is 32.0 Å². The zero-order valence-electron chi connectivity index (χ0n) is 8.65. The number of carboxylic acid groups (broad SMARTS) is 1. The summed E-state index contributed by atoms with van der Waals surface area (Å²) >= 11 is 0. The summed E-state index contributed by atoms with van der Waals surface area (Å²) in [5.41, 5.74) is 5.62. The molecule has 0 spiro atoms. The number of hydrogen-bond acceptors (Lipinski definition) is 4. The van der Waals surface area contributed by atoms with Gasteiger partial charge in [0.15, 0.2) is 0 Å². The minimum absolute atomic E-state index is 0.0807. The van der Waals surface area contributed by atoms with E-state index in [0.29, 0.717) is 5.56 Å². The van der Waals surface area contributed by atoms with E-state index in [1.54, 1.807) is 0 Å². The van der Waals surface area contributed by atoms with Crippen LogP contribution in [0.25, 0.3) is 0 Å². The average Bonchev–Trinajstić information content (AvgIpc) is 2.19. The second-order valence-corrected chi connectivity index (χ2v) is 5.09. The van der Waals surface area contributed by atoms with Crippen molar-refractivity contribution in [2.24, 2.45) is 5.73 Å². The van der Waals surface area contributed by atoms with Gasteiger partial charge < -0.3 is 25.7 Å². The number of aliphatic carboxylic acids is 1. The molecule has 0 aliphatic heterocycles. The summed E-state index contributed by atoms with van der Waals surface area (Å²) in [7, 11) is -4.59. The van der Waals surface area contributed by atoms with Crippen molar-refractivity contribution in [3.63, 3.8) is 0 Å². The maximum absolute atomic E-state index is 11.0. The summed E-state index contributed by atoms with van der Waals surface area (Å²) in [5, 5.41) is 17.3. The Hall–Kier alpha value is -1.40. The molecular formula is C9H12NO6P. The van der Waals surface area contributed by atoms with Gasteiger partial charge >= 0.3 is 13.6 Å². The molecule has 1 atom stereocenters. The Balaban J connectivity index is 3.05. The molecule has 0 saturated heterocycles. The number of hydrogen-bond donors (Lipinski definition) is 5. The van der Waals surface area contributed by atoms with Crippen LogP contribution in [0.5, 0.6) is 5.75 Å². The first-order chi connectivity index (χ1) is 7.71. The van der Waals surface area contributed by atoms with Gasteiger partial charge in [-0.05, 0) is 24.1 Å². The van der Waals surface area contributed by atoms with Gasteiger partial charge in [-0.1, -0.05) is 6.07 Å². The number of carboxylic acids is 1. The van der Waals surface area contributed by atoms with Gasteiger partial charge in [0.05, 0.1) is 0 Å². The molecule has 0 unspecified atom stereocenters. The third-order valence-electron chi connectivity index (χ3n) is 2.13. The minimum Gasteiger partial charge on any atom is -0.507 e. The first-order valence-electron chi connectivity index (χ1n) is 4.58. The Morgan fingerprint density at radius 1 is 1.41 bits per heavy atom. The third-order valence-corrected chi connectivity index (χ3v) is 3.11. The number of phenolic OH excluding ortho intramolecular Hbond substituents is 1. The molecule has 1 aromatic carbocycles. The van der Waals surface area contributed by atoms with E-state index in [1.807, 2.05) is 0 Å².